The number of hydrogen-bond acceptors (Lipinski definition) is 2. The van der Waals surface area contributed by atoms with Crippen LogP contribution in [0.25, 0.3) is 0 Å². The summed E-state index contributed by atoms with van der Waals surface area (Å²) in [5.41, 5.74) is 4.44. The number of nitrogens with two attached hydrogens (primary N) is 1. The van der Waals surface area contributed by atoms with Gasteiger partial charge in [-0.3, -0.25) is 0 Å². The lowest BCUT2D eigenvalue weighted by atomic mass is 10.2. The average Bonchev–Trinajstić information content (AvgIpc) is 2.14. The number of hydrogen-bond donors (Lipinski definition) is 2. The molecule has 0 heterocycles. The highest BCUT2D eigenvalue weighted by Gasteiger charge is 2.31. The lowest BCUT2D eigenvalue weighted by molar-refractivity contribution is -0.137. The van der Waals surface area contributed by atoms with E-state index in [0.717, 1.165) is 12.1 Å². The van der Waals surface area contributed by atoms with Gasteiger partial charge in [-0.25, -0.2) is 4.39 Å². The van der Waals surface area contributed by atoms with Crippen molar-refractivity contribution in [3.8, 4) is 0 Å². The van der Waals surface area contributed by atoms with Crippen LogP contribution in [0.5, 0.6) is 0 Å². The number of benzene rings is 1. The van der Waals surface area contributed by atoms with Gasteiger partial charge in [-0.1, -0.05) is 0 Å². The second kappa shape index (κ2) is 4.69. The van der Waals surface area contributed by atoms with Gasteiger partial charge in [0, 0.05) is 12.6 Å². The van der Waals surface area contributed by atoms with Gasteiger partial charge in [0.2, 0.25) is 0 Å². The number of halogens is 4. The summed E-state index contributed by atoms with van der Waals surface area (Å²) in [6.07, 6.45) is -4.53. The third-order valence-electron chi connectivity index (χ3n) is 1.91. The summed E-state index contributed by atoms with van der Waals surface area (Å²) < 4.78 is 49.8. The average molecular weight is 236 g/mol. The van der Waals surface area contributed by atoms with Gasteiger partial charge in [-0.15, -0.1) is 0 Å². The molecule has 3 N–H and O–H groups in total. The van der Waals surface area contributed by atoms with Crippen LogP contribution in [0.4, 0.5) is 23.2 Å². The topological polar surface area (TPSA) is 38.0 Å². The van der Waals surface area contributed by atoms with Gasteiger partial charge in [0.25, 0.3) is 0 Å². The van der Waals surface area contributed by atoms with E-state index < -0.39 is 17.6 Å². The SMILES string of the molecule is CC(N)CNc1ccc(C(F)(F)F)cc1F. The van der Waals surface area contributed by atoms with Crippen molar-refractivity contribution in [2.75, 3.05) is 11.9 Å². The van der Waals surface area contributed by atoms with Crippen LogP contribution in [0.1, 0.15) is 12.5 Å². The third kappa shape index (κ3) is 3.37. The molecule has 2 nitrogen and oxygen atoms in total. The fourth-order valence-electron chi connectivity index (χ4n) is 1.11. The molecule has 0 spiro atoms. The van der Waals surface area contributed by atoms with E-state index >= 15 is 0 Å². The van der Waals surface area contributed by atoms with Gasteiger partial charge in [-0.2, -0.15) is 13.2 Å². The molecule has 1 aromatic rings. The molecule has 0 radical (unpaired) electrons. The molecule has 1 rings (SSSR count). The fourth-order valence-corrected chi connectivity index (χ4v) is 1.11. The first-order chi connectivity index (χ1) is 7.30. The van der Waals surface area contributed by atoms with E-state index in [1.165, 1.54) is 0 Å². The fraction of sp³-hybridized carbons (Fsp3) is 0.400. The van der Waals surface area contributed by atoms with E-state index in [1.807, 2.05) is 0 Å². The smallest absolute Gasteiger partial charge is 0.381 e. The van der Waals surface area contributed by atoms with Gasteiger partial charge >= 0.3 is 6.18 Å². The van der Waals surface area contributed by atoms with Crippen LogP contribution in [0, 0.1) is 5.82 Å². The van der Waals surface area contributed by atoms with Crippen LogP contribution in [0.2, 0.25) is 0 Å². The Morgan fingerprint density at radius 2 is 2.00 bits per heavy atom. The molecular formula is C10H12F4N2. The minimum absolute atomic E-state index is 0.0188. The summed E-state index contributed by atoms with van der Waals surface area (Å²) in [5, 5.41) is 2.62. The Balaban J connectivity index is 2.84. The van der Waals surface area contributed by atoms with E-state index in [4.69, 9.17) is 5.73 Å². The first-order valence-corrected chi connectivity index (χ1v) is 4.67. The zero-order valence-electron chi connectivity index (χ0n) is 8.61. The predicted molar refractivity (Wildman–Crippen MR) is 53.5 cm³/mol. The molecule has 0 saturated heterocycles. The molecule has 6 heteroatoms. The minimum Gasteiger partial charge on any atom is -0.381 e. The maximum Gasteiger partial charge on any atom is 0.416 e. The quantitative estimate of drug-likeness (QED) is 0.791. The molecule has 0 amide bonds. The molecule has 0 fully saturated rings. The van der Waals surface area contributed by atoms with Crippen molar-refractivity contribution >= 4 is 5.69 Å². The van der Waals surface area contributed by atoms with E-state index in [-0.39, 0.29) is 11.7 Å². The Bertz CT molecular complexity index is 360. The lowest BCUT2D eigenvalue weighted by Gasteiger charge is -2.12. The van der Waals surface area contributed by atoms with Gasteiger partial charge in [0.05, 0.1) is 11.3 Å². The van der Waals surface area contributed by atoms with Crippen molar-refractivity contribution in [2.45, 2.75) is 19.1 Å². The summed E-state index contributed by atoms with van der Waals surface area (Å²) in [4.78, 5) is 0. The highest BCUT2D eigenvalue weighted by molar-refractivity contribution is 5.46. The Morgan fingerprint density at radius 1 is 1.38 bits per heavy atom. The zero-order valence-corrected chi connectivity index (χ0v) is 8.61. The van der Waals surface area contributed by atoms with E-state index in [1.54, 1.807) is 6.92 Å². The van der Waals surface area contributed by atoms with Crippen LogP contribution in [-0.4, -0.2) is 12.6 Å². The van der Waals surface area contributed by atoms with Crippen LogP contribution < -0.4 is 11.1 Å². The highest BCUT2D eigenvalue weighted by atomic mass is 19.4. The summed E-state index contributed by atoms with van der Waals surface area (Å²) in [6, 6.07) is 2.14. The molecule has 0 saturated carbocycles. The number of rotatable bonds is 3. The maximum absolute atomic E-state index is 13.2. The Morgan fingerprint density at radius 3 is 2.44 bits per heavy atom. The van der Waals surface area contributed by atoms with Crippen LogP contribution in [0.3, 0.4) is 0 Å². The largest absolute Gasteiger partial charge is 0.416 e. The molecule has 1 unspecified atom stereocenters. The van der Waals surface area contributed by atoms with Crippen molar-refractivity contribution < 1.29 is 17.6 Å². The van der Waals surface area contributed by atoms with Crippen LogP contribution in [-0.2, 0) is 6.18 Å². The summed E-state index contributed by atoms with van der Waals surface area (Å²) in [7, 11) is 0. The van der Waals surface area contributed by atoms with E-state index in [9.17, 15) is 17.6 Å². The normalized spacial score (nSPS) is 13.6. The molecule has 0 aliphatic rings. The summed E-state index contributed by atoms with van der Waals surface area (Å²) in [6.45, 7) is 2.00. The monoisotopic (exact) mass is 236 g/mol. The molecule has 1 aromatic carbocycles. The second-order valence-corrected chi connectivity index (χ2v) is 3.55. The van der Waals surface area contributed by atoms with Crippen molar-refractivity contribution in [3.05, 3.63) is 29.6 Å². The van der Waals surface area contributed by atoms with Gasteiger partial charge < -0.3 is 11.1 Å². The lowest BCUT2D eigenvalue weighted by Crippen LogP contribution is -2.25. The van der Waals surface area contributed by atoms with E-state index in [0.29, 0.717) is 12.6 Å². The van der Waals surface area contributed by atoms with Crippen molar-refractivity contribution in [3.63, 3.8) is 0 Å². The standard InChI is InChI=1S/C10H12F4N2/c1-6(15)5-16-9-3-2-7(4-8(9)11)10(12,13)14/h2-4,6,16H,5,15H2,1H3. The summed E-state index contributed by atoms with van der Waals surface area (Å²) in [5.74, 6) is -0.935. The molecule has 0 aliphatic heterocycles. The Labute approximate surface area is 90.4 Å². The van der Waals surface area contributed by atoms with Crippen molar-refractivity contribution in [1.82, 2.24) is 0 Å². The molecule has 0 aromatic heterocycles. The predicted octanol–water partition coefficient (Wildman–Crippen LogP) is 2.60. The van der Waals surface area contributed by atoms with Crippen molar-refractivity contribution in [2.24, 2.45) is 5.73 Å². The molecule has 0 aliphatic carbocycles. The molecule has 90 valence electrons. The van der Waals surface area contributed by atoms with Gasteiger partial charge in [0.15, 0.2) is 0 Å². The van der Waals surface area contributed by atoms with Gasteiger partial charge in [0.1, 0.15) is 5.82 Å². The molecular weight excluding hydrogens is 224 g/mol. The number of nitrogens with one attached hydrogen (secondary N) is 1. The molecule has 16 heavy (non-hydrogen) atoms. The Hall–Kier alpha value is -1.30. The summed E-state index contributed by atoms with van der Waals surface area (Å²) >= 11 is 0. The number of alkyl halides is 3. The van der Waals surface area contributed by atoms with Crippen molar-refractivity contribution in [1.29, 1.82) is 0 Å². The Kier molecular flexibility index (Phi) is 3.74. The van der Waals surface area contributed by atoms with Crippen LogP contribution >= 0.6 is 0 Å². The van der Waals surface area contributed by atoms with E-state index in [2.05, 4.69) is 5.32 Å². The van der Waals surface area contributed by atoms with Gasteiger partial charge in [-0.05, 0) is 25.1 Å². The van der Waals surface area contributed by atoms with Crippen LogP contribution in [0.15, 0.2) is 18.2 Å². The number of anilines is 1. The maximum atomic E-state index is 13.2. The zero-order chi connectivity index (χ0) is 12.3. The molecule has 0 bridgehead atoms. The highest BCUT2D eigenvalue weighted by Crippen LogP contribution is 2.31. The first-order valence-electron chi connectivity index (χ1n) is 4.67. The second-order valence-electron chi connectivity index (χ2n) is 3.55. The first kappa shape index (κ1) is 12.8. The molecule has 1 atom stereocenters. The minimum atomic E-state index is -4.53. The third-order valence-corrected chi connectivity index (χ3v) is 1.91.